The number of hydrogen-bond acceptors (Lipinski definition) is 3. The van der Waals surface area contributed by atoms with Crippen molar-refractivity contribution >= 4 is 0 Å². The highest BCUT2D eigenvalue weighted by Gasteiger charge is 2.17. The van der Waals surface area contributed by atoms with E-state index in [1.54, 1.807) is 6.20 Å². The number of pyridine rings is 1. The van der Waals surface area contributed by atoms with Crippen LogP contribution in [0.5, 0.6) is 0 Å². The average molecular weight is 220 g/mol. The Hall–Kier alpha value is -0.930. The van der Waals surface area contributed by atoms with Crippen molar-refractivity contribution in [3.63, 3.8) is 0 Å². The van der Waals surface area contributed by atoms with Crippen LogP contribution in [0.15, 0.2) is 24.4 Å². The highest BCUT2D eigenvalue weighted by atomic mass is 16.3. The van der Waals surface area contributed by atoms with Crippen molar-refractivity contribution in [2.75, 3.05) is 26.2 Å². The van der Waals surface area contributed by atoms with Crippen molar-refractivity contribution in [2.45, 2.75) is 25.2 Å². The summed E-state index contributed by atoms with van der Waals surface area (Å²) in [7, 11) is 0. The topological polar surface area (TPSA) is 36.4 Å². The van der Waals surface area contributed by atoms with Crippen LogP contribution < -0.4 is 0 Å². The molecule has 0 spiro atoms. The first kappa shape index (κ1) is 11.6. The second-order valence-corrected chi connectivity index (χ2v) is 4.50. The number of nitrogens with zero attached hydrogens (tertiary/aromatic N) is 2. The van der Waals surface area contributed by atoms with Crippen LogP contribution in [0, 0.1) is 0 Å². The zero-order valence-electron chi connectivity index (χ0n) is 9.68. The molecule has 0 aliphatic carbocycles. The molecule has 2 heterocycles. The van der Waals surface area contributed by atoms with Crippen molar-refractivity contribution in [3.05, 3.63) is 30.1 Å². The second-order valence-electron chi connectivity index (χ2n) is 4.50. The van der Waals surface area contributed by atoms with Gasteiger partial charge in [0.1, 0.15) is 0 Å². The maximum Gasteiger partial charge on any atom is 0.0527 e. The summed E-state index contributed by atoms with van der Waals surface area (Å²) < 4.78 is 0. The average Bonchev–Trinajstić information content (AvgIpc) is 2.38. The molecule has 0 aromatic carbocycles. The highest BCUT2D eigenvalue weighted by molar-refractivity contribution is 5.10. The Morgan fingerprint density at radius 3 is 2.69 bits per heavy atom. The minimum absolute atomic E-state index is 0.166. The number of aliphatic hydroxyl groups is 1. The maximum atomic E-state index is 9.44. The van der Waals surface area contributed by atoms with Gasteiger partial charge in [-0.3, -0.25) is 4.98 Å². The Kier molecular flexibility index (Phi) is 4.31. The fraction of sp³-hybridized carbons (Fsp3) is 0.615. The van der Waals surface area contributed by atoms with Gasteiger partial charge in [0, 0.05) is 24.4 Å². The van der Waals surface area contributed by atoms with E-state index in [4.69, 9.17) is 0 Å². The summed E-state index contributed by atoms with van der Waals surface area (Å²) in [5.74, 6) is 0.166. The molecule has 1 aromatic heterocycles. The molecule has 1 fully saturated rings. The number of piperidine rings is 1. The molecule has 3 heteroatoms. The third kappa shape index (κ3) is 3.03. The predicted octanol–water partition coefficient (Wildman–Crippen LogP) is 1.64. The summed E-state index contributed by atoms with van der Waals surface area (Å²) in [6.45, 7) is 3.47. The first-order chi connectivity index (χ1) is 7.90. The zero-order valence-corrected chi connectivity index (χ0v) is 9.68. The number of hydrogen-bond donors (Lipinski definition) is 1. The van der Waals surface area contributed by atoms with E-state index < -0.39 is 0 Å². The summed E-state index contributed by atoms with van der Waals surface area (Å²) in [4.78, 5) is 6.77. The van der Waals surface area contributed by atoms with E-state index in [1.807, 2.05) is 18.2 Å². The molecule has 0 bridgehead atoms. The van der Waals surface area contributed by atoms with Gasteiger partial charge in [-0.15, -0.1) is 0 Å². The van der Waals surface area contributed by atoms with Gasteiger partial charge in [-0.2, -0.15) is 0 Å². The Bertz CT molecular complexity index is 296. The molecular formula is C13H20N2O. The monoisotopic (exact) mass is 220 g/mol. The van der Waals surface area contributed by atoms with E-state index in [0.717, 1.165) is 12.2 Å². The molecule has 0 amide bonds. The van der Waals surface area contributed by atoms with Crippen LogP contribution in [-0.2, 0) is 0 Å². The Balaban J connectivity index is 1.94. The van der Waals surface area contributed by atoms with Crippen LogP contribution in [0.1, 0.15) is 30.9 Å². The number of rotatable bonds is 4. The van der Waals surface area contributed by atoms with Gasteiger partial charge >= 0.3 is 0 Å². The van der Waals surface area contributed by atoms with Crippen LogP contribution in [-0.4, -0.2) is 41.2 Å². The van der Waals surface area contributed by atoms with E-state index in [2.05, 4.69) is 9.88 Å². The molecule has 1 saturated heterocycles. The van der Waals surface area contributed by atoms with Crippen LogP contribution in [0.25, 0.3) is 0 Å². The molecule has 1 aliphatic rings. The van der Waals surface area contributed by atoms with Gasteiger partial charge in [0.15, 0.2) is 0 Å². The molecule has 1 unspecified atom stereocenters. The minimum atomic E-state index is 0.166. The fourth-order valence-electron chi connectivity index (χ4n) is 2.32. The lowest BCUT2D eigenvalue weighted by Crippen LogP contribution is -2.34. The van der Waals surface area contributed by atoms with Gasteiger partial charge in [0.2, 0.25) is 0 Å². The van der Waals surface area contributed by atoms with Crippen LogP contribution in [0.3, 0.4) is 0 Å². The van der Waals surface area contributed by atoms with E-state index in [1.165, 1.54) is 32.4 Å². The molecule has 1 N–H and O–H groups in total. The molecule has 2 rings (SSSR count). The molecule has 0 saturated carbocycles. The third-order valence-corrected chi connectivity index (χ3v) is 3.25. The van der Waals surface area contributed by atoms with Gasteiger partial charge in [0.05, 0.1) is 6.61 Å². The summed E-state index contributed by atoms with van der Waals surface area (Å²) in [5, 5.41) is 9.44. The van der Waals surface area contributed by atoms with E-state index >= 15 is 0 Å². The summed E-state index contributed by atoms with van der Waals surface area (Å²) in [6.07, 6.45) is 5.73. The van der Waals surface area contributed by atoms with E-state index in [-0.39, 0.29) is 12.5 Å². The maximum absolute atomic E-state index is 9.44. The fourth-order valence-corrected chi connectivity index (χ4v) is 2.32. The Morgan fingerprint density at radius 1 is 1.25 bits per heavy atom. The highest BCUT2D eigenvalue weighted by Crippen LogP contribution is 2.17. The number of likely N-dealkylation sites (tertiary alicyclic amines) is 1. The molecule has 0 radical (unpaired) electrons. The molecule has 1 aromatic rings. The van der Waals surface area contributed by atoms with Gasteiger partial charge < -0.3 is 10.0 Å². The van der Waals surface area contributed by atoms with E-state index in [0.29, 0.717) is 0 Å². The van der Waals surface area contributed by atoms with Crippen molar-refractivity contribution in [1.29, 1.82) is 0 Å². The second kappa shape index (κ2) is 5.97. The lowest BCUT2D eigenvalue weighted by Gasteiger charge is -2.29. The van der Waals surface area contributed by atoms with Crippen molar-refractivity contribution in [2.24, 2.45) is 0 Å². The van der Waals surface area contributed by atoms with Crippen LogP contribution in [0.4, 0.5) is 0 Å². The first-order valence-corrected chi connectivity index (χ1v) is 6.14. The van der Waals surface area contributed by atoms with Crippen molar-refractivity contribution in [3.8, 4) is 0 Å². The van der Waals surface area contributed by atoms with Gasteiger partial charge in [0.25, 0.3) is 0 Å². The van der Waals surface area contributed by atoms with Gasteiger partial charge in [-0.05, 0) is 38.1 Å². The summed E-state index contributed by atoms with van der Waals surface area (Å²) in [6, 6.07) is 5.91. The smallest absolute Gasteiger partial charge is 0.0527 e. The SMILES string of the molecule is OCC(CN1CCCCC1)c1ccccn1. The zero-order chi connectivity index (χ0) is 11.2. The van der Waals surface area contributed by atoms with Crippen molar-refractivity contribution in [1.82, 2.24) is 9.88 Å². The van der Waals surface area contributed by atoms with E-state index in [9.17, 15) is 5.11 Å². The lowest BCUT2D eigenvalue weighted by atomic mass is 10.0. The van der Waals surface area contributed by atoms with Gasteiger partial charge in [-0.1, -0.05) is 12.5 Å². The molecule has 16 heavy (non-hydrogen) atoms. The molecule has 1 atom stereocenters. The molecular weight excluding hydrogens is 200 g/mol. The minimum Gasteiger partial charge on any atom is -0.396 e. The van der Waals surface area contributed by atoms with Crippen LogP contribution >= 0.6 is 0 Å². The van der Waals surface area contributed by atoms with Crippen molar-refractivity contribution < 1.29 is 5.11 Å². The van der Waals surface area contributed by atoms with Crippen LogP contribution in [0.2, 0.25) is 0 Å². The Morgan fingerprint density at radius 2 is 2.06 bits per heavy atom. The lowest BCUT2D eigenvalue weighted by molar-refractivity contribution is 0.177. The summed E-state index contributed by atoms with van der Waals surface area (Å²) in [5.41, 5.74) is 1.01. The molecule has 88 valence electrons. The third-order valence-electron chi connectivity index (χ3n) is 3.25. The Labute approximate surface area is 97.1 Å². The largest absolute Gasteiger partial charge is 0.396 e. The predicted molar refractivity (Wildman–Crippen MR) is 64.4 cm³/mol. The number of aromatic nitrogens is 1. The molecule has 3 nitrogen and oxygen atoms in total. The van der Waals surface area contributed by atoms with Gasteiger partial charge in [-0.25, -0.2) is 0 Å². The normalized spacial score (nSPS) is 19.6. The number of aliphatic hydroxyl groups excluding tert-OH is 1. The standard InChI is InChI=1S/C13H20N2O/c16-11-12(13-6-2-3-7-14-13)10-15-8-4-1-5-9-15/h2-3,6-7,12,16H,1,4-5,8-11H2. The first-order valence-electron chi connectivity index (χ1n) is 6.14. The quantitative estimate of drug-likeness (QED) is 0.838. The summed E-state index contributed by atoms with van der Waals surface area (Å²) >= 11 is 0. The molecule has 1 aliphatic heterocycles.